The fourth-order valence-electron chi connectivity index (χ4n) is 1.97. The summed E-state index contributed by atoms with van der Waals surface area (Å²) in [4.78, 5) is 11.8. The van der Waals surface area contributed by atoms with Gasteiger partial charge in [0.2, 0.25) is 0 Å². The Morgan fingerprint density at radius 2 is 1.86 bits per heavy atom. The molecule has 0 aromatic carbocycles. The average Bonchev–Trinajstić information content (AvgIpc) is 2.07. The number of ketones is 1. The van der Waals surface area contributed by atoms with E-state index in [4.69, 9.17) is 0 Å². The maximum absolute atomic E-state index is 11.8. The molecule has 2 nitrogen and oxygen atoms in total. The Morgan fingerprint density at radius 1 is 1.29 bits per heavy atom. The van der Waals surface area contributed by atoms with Gasteiger partial charge in [-0.2, -0.15) is 0 Å². The van der Waals surface area contributed by atoms with E-state index < -0.39 is 0 Å². The summed E-state index contributed by atoms with van der Waals surface area (Å²) in [5.74, 6) is 0.499. The fraction of sp³-hybridized carbons (Fsp3) is 0.917. The molecule has 2 heteroatoms. The van der Waals surface area contributed by atoms with Crippen molar-refractivity contribution < 1.29 is 9.90 Å². The highest BCUT2D eigenvalue weighted by Crippen LogP contribution is 2.30. The van der Waals surface area contributed by atoms with E-state index in [0.717, 1.165) is 19.3 Å². The van der Waals surface area contributed by atoms with Crippen LogP contribution in [-0.2, 0) is 4.79 Å². The standard InChI is InChI=1S/C12H22O2/c1-12(2,3)11(14)8-9-6-4-5-7-10(9)13/h9-10,13H,4-8H2,1-3H3/t9?,10-/m0/s1. The predicted octanol–water partition coefficient (Wildman–Crippen LogP) is 2.54. The molecule has 0 aromatic heterocycles. The summed E-state index contributed by atoms with van der Waals surface area (Å²) >= 11 is 0. The lowest BCUT2D eigenvalue weighted by Crippen LogP contribution is -2.30. The van der Waals surface area contributed by atoms with Gasteiger partial charge in [-0.3, -0.25) is 4.79 Å². The topological polar surface area (TPSA) is 37.3 Å². The van der Waals surface area contributed by atoms with Crippen molar-refractivity contribution in [2.75, 3.05) is 0 Å². The van der Waals surface area contributed by atoms with Crippen molar-refractivity contribution in [1.29, 1.82) is 0 Å². The number of hydrogen-bond donors (Lipinski definition) is 1. The molecule has 0 aliphatic heterocycles. The molecule has 0 heterocycles. The van der Waals surface area contributed by atoms with Crippen LogP contribution >= 0.6 is 0 Å². The Hall–Kier alpha value is -0.370. The lowest BCUT2D eigenvalue weighted by molar-refractivity contribution is -0.128. The van der Waals surface area contributed by atoms with Crippen LogP contribution < -0.4 is 0 Å². The van der Waals surface area contributed by atoms with Crippen molar-refractivity contribution in [3.05, 3.63) is 0 Å². The van der Waals surface area contributed by atoms with E-state index in [0.29, 0.717) is 6.42 Å². The molecule has 1 aliphatic carbocycles. The van der Waals surface area contributed by atoms with Gasteiger partial charge < -0.3 is 5.11 Å². The van der Waals surface area contributed by atoms with Crippen LogP contribution in [0.4, 0.5) is 0 Å². The normalized spacial score (nSPS) is 28.9. The number of aliphatic hydroxyl groups excluding tert-OH is 1. The lowest BCUT2D eigenvalue weighted by atomic mass is 9.78. The number of rotatable bonds is 2. The van der Waals surface area contributed by atoms with Crippen molar-refractivity contribution >= 4 is 5.78 Å². The number of Topliss-reactive ketones (excluding diaryl/α,β-unsaturated/α-hetero) is 1. The second kappa shape index (κ2) is 4.43. The molecule has 0 bridgehead atoms. The van der Waals surface area contributed by atoms with E-state index in [9.17, 15) is 9.90 Å². The van der Waals surface area contributed by atoms with Crippen LogP contribution in [0.3, 0.4) is 0 Å². The Balaban J connectivity index is 2.46. The third-order valence-corrected chi connectivity index (χ3v) is 3.15. The molecular formula is C12H22O2. The number of carbonyl (C=O) groups excluding carboxylic acids is 1. The van der Waals surface area contributed by atoms with Gasteiger partial charge in [-0.1, -0.05) is 33.6 Å². The van der Waals surface area contributed by atoms with Gasteiger partial charge >= 0.3 is 0 Å². The van der Waals surface area contributed by atoms with Gasteiger partial charge in [0.25, 0.3) is 0 Å². The molecule has 1 fully saturated rings. The van der Waals surface area contributed by atoms with E-state index in [1.807, 2.05) is 20.8 Å². The molecule has 2 atom stereocenters. The van der Waals surface area contributed by atoms with Crippen molar-refractivity contribution in [2.45, 2.75) is 59.0 Å². The third-order valence-electron chi connectivity index (χ3n) is 3.15. The summed E-state index contributed by atoms with van der Waals surface area (Å²) in [5, 5.41) is 9.73. The van der Waals surface area contributed by atoms with Gasteiger partial charge in [0.1, 0.15) is 5.78 Å². The minimum Gasteiger partial charge on any atom is -0.393 e. The van der Waals surface area contributed by atoms with E-state index in [1.165, 1.54) is 6.42 Å². The van der Waals surface area contributed by atoms with E-state index in [1.54, 1.807) is 0 Å². The van der Waals surface area contributed by atoms with E-state index in [2.05, 4.69) is 0 Å². The maximum atomic E-state index is 11.8. The number of hydrogen-bond acceptors (Lipinski definition) is 2. The summed E-state index contributed by atoms with van der Waals surface area (Å²) in [7, 11) is 0. The van der Waals surface area contributed by atoms with Crippen molar-refractivity contribution in [2.24, 2.45) is 11.3 Å². The summed E-state index contributed by atoms with van der Waals surface area (Å²) in [6.07, 6.45) is 4.49. The number of aliphatic hydroxyl groups is 1. The van der Waals surface area contributed by atoms with Gasteiger partial charge in [-0.05, 0) is 18.8 Å². The highest BCUT2D eigenvalue weighted by Gasteiger charge is 2.29. The first-order valence-corrected chi connectivity index (χ1v) is 5.62. The van der Waals surface area contributed by atoms with E-state index in [-0.39, 0.29) is 23.2 Å². The van der Waals surface area contributed by atoms with Crippen LogP contribution in [0.5, 0.6) is 0 Å². The Morgan fingerprint density at radius 3 is 2.36 bits per heavy atom. The molecule has 0 radical (unpaired) electrons. The minimum atomic E-state index is -0.253. The number of carbonyl (C=O) groups is 1. The summed E-state index contributed by atoms with van der Waals surface area (Å²) < 4.78 is 0. The maximum Gasteiger partial charge on any atom is 0.138 e. The molecule has 0 aromatic rings. The molecule has 14 heavy (non-hydrogen) atoms. The SMILES string of the molecule is CC(C)(C)C(=O)CC1CCCC[C@@H]1O. The molecule has 1 N–H and O–H groups in total. The van der Waals surface area contributed by atoms with Crippen LogP contribution in [0, 0.1) is 11.3 Å². The van der Waals surface area contributed by atoms with E-state index >= 15 is 0 Å². The predicted molar refractivity (Wildman–Crippen MR) is 57.0 cm³/mol. The summed E-state index contributed by atoms with van der Waals surface area (Å²) in [6.45, 7) is 5.85. The first-order chi connectivity index (χ1) is 6.41. The first kappa shape index (κ1) is 11.7. The van der Waals surface area contributed by atoms with Gasteiger partial charge in [-0.25, -0.2) is 0 Å². The highest BCUT2D eigenvalue weighted by molar-refractivity contribution is 5.83. The minimum absolute atomic E-state index is 0.218. The van der Waals surface area contributed by atoms with Crippen molar-refractivity contribution in [3.63, 3.8) is 0 Å². The Bertz CT molecular complexity index is 203. The molecule has 1 rings (SSSR count). The first-order valence-electron chi connectivity index (χ1n) is 5.62. The summed E-state index contributed by atoms with van der Waals surface area (Å²) in [6, 6.07) is 0. The van der Waals surface area contributed by atoms with Gasteiger partial charge in [0, 0.05) is 11.8 Å². The molecule has 1 saturated carbocycles. The molecule has 1 aliphatic rings. The summed E-state index contributed by atoms with van der Waals surface area (Å²) in [5.41, 5.74) is -0.253. The zero-order valence-electron chi connectivity index (χ0n) is 9.55. The highest BCUT2D eigenvalue weighted by atomic mass is 16.3. The van der Waals surface area contributed by atoms with Crippen molar-refractivity contribution in [1.82, 2.24) is 0 Å². The zero-order valence-corrected chi connectivity index (χ0v) is 9.55. The quantitative estimate of drug-likeness (QED) is 0.740. The van der Waals surface area contributed by atoms with Crippen LogP contribution in [0.2, 0.25) is 0 Å². The lowest BCUT2D eigenvalue weighted by Gasteiger charge is -2.29. The molecule has 0 saturated heterocycles. The monoisotopic (exact) mass is 198 g/mol. The Labute approximate surface area is 86.7 Å². The van der Waals surface area contributed by atoms with Gasteiger partial charge in [-0.15, -0.1) is 0 Å². The van der Waals surface area contributed by atoms with Crippen LogP contribution in [0.1, 0.15) is 52.9 Å². The fourth-order valence-corrected chi connectivity index (χ4v) is 1.97. The van der Waals surface area contributed by atoms with Crippen LogP contribution in [-0.4, -0.2) is 17.0 Å². The van der Waals surface area contributed by atoms with Gasteiger partial charge in [0.05, 0.1) is 6.10 Å². The third kappa shape index (κ3) is 3.09. The largest absolute Gasteiger partial charge is 0.393 e. The zero-order chi connectivity index (χ0) is 10.8. The Kier molecular flexibility index (Phi) is 3.71. The molecular weight excluding hydrogens is 176 g/mol. The van der Waals surface area contributed by atoms with Crippen LogP contribution in [0.15, 0.2) is 0 Å². The molecule has 1 unspecified atom stereocenters. The molecule has 82 valence electrons. The smallest absolute Gasteiger partial charge is 0.138 e. The second-order valence-corrected chi connectivity index (χ2v) is 5.49. The molecule has 0 spiro atoms. The second-order valence-electron chi connectivity index (χ2n) is 5.49. The molecule has 0 amide bonds. The van der Waals surface area contributed by atoms with Crippen molar-refractivity contribution in [3.8, 4) is 0 Å². The van der Waals surface area contributed by atoms with Gasteiger partial charge in [0.15, 0.2) is 0 Å². The average molecular weight is 198 g/mol. The van der Waals surface area contributed by atoms with Crippen LogP contribution in [0.25, 0.3) is 0 Å².